The molecule has 10 heteroatoms. The number of aromatic carboxylic acids is 1. The fraction of sp³-hybridized carbons (Fsp3) is 0.0714. The Bertz CT molecular complexity index is 1540. The molecular formula is C28H18ClF3N2O4. The third kappa shape index (κ3) is 5.57. The first-order valence-corrected chi connectivity index (χ1v) is 11.4. The number of benzene rings is 3. The molecule has 0 unspecified atom stereocenters. The van der Waals surface area contributed by atoms with E-state index < -0.39 is 34.8 Å². The Morgan fingerprint density at radius 1 is 0.816 bits per heavy atom. The first kappa shape index (κ1) is 26.6. The maximum absolute atomic E-state index is 13.1. The minimum Gasteiger partial charge on any atom is -0.478 e. The third-order valence-electron chi connectivity index (χ3n) is 5.79. The van der Waals surface area contributed by atoms with E-state index in [-0.39, 0.29) is 22.4 Å². The highest BCUT2D eigenvalue weighted by atomic mass is 35.5. The highest BCUT2D eigenvalue weighted by Crippen LogP contribution is 2.30. The van der Waals surface area contributed by atoms with Gasteiger partial charge in [0.05, 0.1) is 23.0 Å². The zero-order valence-corrected chi connectivity index (χ0v) is 20.4. The van der Waals surface area contributed by atoms with Crippen molar-refractivity contribution in [3.8, 4) is 0 Å². The largest absolute Gasteiger partial charge is 0.478 e. The SMILES string of the molecule is CN(c1ccc(Cl)cc1)c1ccc(C(=O)c2ccc(C(=O)c3cccc(C(F)(F)F)c3)c(C(=O)O)c2)nc1. The molecule has 0 aliphatic heterocycles. The molecule has 0 spiro atoms. The van der Waals surface area contributed by atoms with Crippen molar-refractivity contribution in [3.63, 3.8) is 0 Å². The topological polar surface area (TPSA) is 87.6 Å². The molecule has 0 amide bonds. The summed E-state index contributed by atoms with van der Waals surface area (Å²) in [6.45, 7) is 0. The lowest BCUT2D eigenvalue weighted by Gasteiger charge is -2.19. The molecule has 0 aliphatic carbocycles. The van der Waals surface area contributed by atoms with Crippen LogP contribution in [0.2, 0.25) is 5.02 Å². The Labute approximate surface area is 219 Å². The van der Waals surface area contributed by atoms with Crippen molar-refractivity contribution in [1.82, 2.24) is 4.98 Å². The number of ketones is 2. The summed E-state index contributed by atoms with van der Waals surface area (Å²) < 4.78 is 39.2. The van der Waals surface area contributed by atoms with E-state index in [9.17, 15) is 32.7 Å². The van der Waals surface area contributed by atoms with Crippen LogP contribution in [0.25, 0.3) is 0 Å². The monoisotopic (exact) mass is 538 g/mol. The zero-order chi connectivity index (χ0) is 27.6. The van der Waals surface area contributed by atoms with Crippen molar-refractivity contribution in [1.29, 1.82) is 0 Å². The molecule has 0 aliphatic rings. The molecule has 6 nitrogen and oxygen atoms in total. The van der Waals surface area contributed by atoms with Gasteiger partial charge in [0.2, 0.25) is 5.78 Å². The van der Waals surface area contributed by atoms with Crippen molar-refractivity contribution in [3.05, 3.63) is 124 Å². The first-order valence-electron chi connectivity index (χ1n) is 11.0. The number of aromatic nitrogens is 1. The number of alkyl halides is 3. The van der Waals surface area contributed by atoms with Gasteiger partial charge < -0.3 is 10.0 Å². The molecule has 192 valence electrons. The lowest BCUT2D eigenvalue weighted by atomic mass is 9.94. The third-order valence-corrected chi connectivity index (χ3v) is 6.04. The molecule has 0 saturated heterocycles. The number of carbonyl (C=O) groups is 3. The number of carbonyl (C=O) groups excluding carboxylic acids is 2. The number of hydrogen-bond donors (Lipinski definition) is 1. The van der Waals surface area contributed by atoms with E-state index in [0.717, 1.165) is 36.0 Å². The van der Waals surface area contributed by atoms with E-state index in [0.29, 0.717) is 16.8 Å². The van der Waals surface area contributed by atoms with Gasteiger partial charge in [-0.15, -0.1) is 0 Å². The van der Waals surface area contributed by atoms with Crippen LogP contribution < -0.4 is 4.90 Å². The lowest BCUT2D eigenvalue weighted by Crippen LogP contribution is -2.14. The van der Waals surface area contributed by atoms with Gasteiger partial charge in [0, 0.05) is 34.4 Å². The van der Waals surface area contributed by atoms with Crippen LogP contribution in [0, 0.1) is 0 Å². The smallest absolute Gasteiger partial charge is 0.416 e. The summed E-state index contributed by atoms with van der Waals surface area (Å²) in [5.74, 6) is -3.02. The fourth-order valence-corrected chi connectivity index (χ4v) is 3.86. The van der Waals surface area contributed by atoms with Gasteiger partial charge in [-0.25, -0.2) is 4.79 Å². The van der Waals surface area contributed by atoms with Crippen LogP contribution in [-0.2, 0) is 6.18 Å². The van der Waals surface area contributed by atoms with E-state index in [4.69, 9.17) is 11.6 Å². The van der Waals surface area contributed by atoms with Crippen LogP contribution in [0.15, 0.2) is 85.1 Å². The van der Waals surface area contributed by atoms with Crippen molar-refractivity contribution >= 4 is 40.5 Å². The summed E-state index contributed by atoms with van der Waals surface area (Å²) in [7, 11) is 1.81. The summed E-state index contributed by atoms with van der Waals surface area (Å²) in [6.07, 6.45) is -3.19. The number of pyridine rings is 1. The van der Waals surface area contributed by atoms with Gasteiger partial charge >= 0.3 is 12.1 Å². The van der Waals surface area contributed by atoms with Crippen LogP contribution >= 0.6 is 11.6 Å². The van der Waals surface area contributed by atoms with Crippen molar-refractivity contribution < 1.29 is 32.7 Å². The second-order valence-electron chi connectivity index (χ2n) is 8.24. The highest BCUT2D eigenvalue weighted by Gasteiger charge is 2.31. The molecule has 1 aromatic heterocycles. The predicted molar refractivity (Wildman–Crippen MR) is 135 cm³/mol. The van der Waals surface area contributed by atoms with E-state index in [1.807, 2.05) is 17.0 Å². The summed E-state index contributed by atoms with van der Waals surface area (Å²) in [4.78, 5) is 43.8. The second kappa shape index (κ2) is 10.5. The Balaban J connectivity index is 1.61. The molecule has 0 radical (unpaired) electrons. The highest BCUT2D eigenvalue weighted by molar-refractivity contribution is 6.30. The van der Waals surface area contributed by atoms with Crippen LogP contribution in [0.3, 0.4) is 0 Å². The molecule has 3 aromatic carbocycles. The molecular weight excluding hydrogens is 521 g/mol. The predicted octanol–water partition coefficient (Wildman–Crippen LogP) is 6.68. The fourth-order valence-electron chi connectivity index (χ4n) is 3.73. The molecule has 0 fully saturated rings. The van der Waals surface area contributed by atoms with Crippen molar-refractivity contribution in [2.45, 2.75) is 6.18 Å². The standard InChI is InChI=1S/C28H18ClF3N2O4/c1-34(20-8-6-19(29)7-9-20)21-10-12-24(33-15-21)26(36)17-5-11-22(23(14-17)27(37)38)25(35)16-3-2-4-18(13-16)28(30,31)32/h2-15H,1H3,(H,37,38). The number of carboxylic acid groups (broad SMARTS) is 1. The average Bonchev–Trinajstić information content (AvgIpc) is 2.91. The second-order valence-corrected chi connectivity index (χ2v) is 8.68. The number of nitrogens with zero attached hydrogens (tertiary/aromatic N) is 2. The van der Waals surface area contributed by atoms with E-state index in [2.05, 4.69) is 4.98 Å². The Kier molecular flexibility index (Phi) is 7.32. The number of carboxylic acids is 1. The zero-order valence-electron chi connectivity index (χ0n) is 19.7. The molecule has 0 bridgehead atoms. The summed E-state index contributed by atoms with van der Waals surface area (Å²) in [5, 5.41) is 10.3. The maximum Gasteiger partial charge on any atom is 0.416 e. The minimum atomic E-state index is -4.67. The van der Waals surface area contributed by atoms with Gasteiger partial charge in [0.25, 0.3) is 0 Å². The molecule has 0 atom stereocenters. The quantitative estimate of drug-likeness (QED) is 0.264. The van der Waals surface area contributed by atoms with Crippen LogP contribution in [-0.4, -0.2) is 34.7 Å². The number of halogens is 4. The number of hydrogen-bond acceptors (Lipinski definition) is 5. The molecule has 0 saturated carbocycles. The molecule has 1 heterocycles. The van der Waals surface area contributed by atoms with E-state index >= 15 is 0 Å². The van der Waals surface area contributed by atoms with Gasteiger partial charge in [-0.3, -0.25) is 14.6 Å². The van der Waals surface area contributed by atoms with Gasteiger partial charge in [0.15, 0.2) is 5.78 Å². The van der Waals surface area contributed by atoms with Crippen LogP contribution in [0.4, 0.5) is 24.5 Å². The van der Waals surface area contributed by atoms with Crippen LogP contribution in [0.5, 0.6) is 0 Å². The maximum atomic E-state index is 13.1. The lowest BCUT2D eigenvalue weighted by molar-refractivity contribution is -0.137. The summed E-state index contributed by atoms with van der Waals surface area (Å²) in [6, 6.07) is 17.3. The number of anilines is 2. The van der Waals surface area contributed by atoms with Gasteiger partial charge in [-0.1, -0.05) is 29.8 Å². The molecule has 4 aromatic rings. The van der Waals surface area contributed by atoms with Crippen molar-refractivity contribution in [2.75, 3.05) is 11.9 Å². The Hall–Kier alpha value is -4.50. The Morgan fingerprint density at radius 2 is 1.47 bits per heavy atom. The average molecular weight is 539 g/mol. The van der Waals surface area contributed by atoms with Gasteiger partial charge in [0.1, 0.15) is 5.69 Å². The number of rotatable bonds is 7. The van der Waals surface area contributed by atoms with Crippen molar-refractivity contribution in [2.24, 2.45) is 0 Å². The molecule has 1 N–H and O–H groups in total. The van der Waals surface area contributed by atoms with E-state index in [1.165, 1.54) is 18.3 Å². The molecule has 4 rings (SSSR count). The van der Waals surface area contributed by atoms with Gasteiger partial charge in [-0.2, -0.15) is 13.2 Å². The molecule has 38 heavy (non-hydrogen) atoms. The Morgan fingerprint density at radius 3 is 2.08 bits per heavy atom. The van der Waals surface area contributed by atoms with E-state index in [1.54, 1.807) is 25.2 Å². The summed E-state index contributed by atoms with van der Waals surface area (Å²) in [5.41, 5.74) is -0.731. The summed E-state index contributed by atoms with van der Waals surface area (Å²) >= 11 is 5.92. The minimum absolute atomic E-state index is 0.0338. The van der Waals surface area contributed by atoms with Crippen LogP contribution in [0.1, 0.15) is 47.9 Å². The first-order chi connectivity index (χ1) is 18.0. The van der Waals surface area contributed by atoms with Gasteiger partial charge in [-0.05, 0) is 60.7 Å². The normalized spacial score (nSPS) is 11.2.